The average molecular weight is 306 g/mol. The van der Waals surface area contributed by atoms with Gasteiger partial charge >= 0.3 is 0 Å². The van der Waals surface area contributed by atoms with E-state index in [1.165, 1.54) is 0 Å². The Kier molecular flexibility index (Phi) is 6.43. The highest BCUT2D eigenvalue weighted by atomic mass is 32.2. The third-order valence-electron chi connectivity index (χ3n) is 1.85. The normalized spacial score (nSPS) is 13.9. The first-order valence-corrected chi connectivity index (χ1v) is 8.72. The fourth-order valence-electron chi connectivity index (χ4n) is 0.772. The largest absolute Gasteiger partial charge is 0.286 e. The van der Waals surface area contributed by atoms with Gasteiger partial charge in [-0.3, -0.25) is 8.74 Å². The topological polar surface area (TPSA) is 97.7 Å². The van der Waals surface area contributed by atoms with Crippen LogP contribution in [0.5, 0.6) is 0 Å². The van der Waals surface area contributed by atoms with Crippen molar-refractivity contribution in [3.8, 4) is 0 Å². The molecule has 0 fully saturated rings. The van der Waals surface area contributed by atoms with Gasteiger partial charge in [0.15, 0.2) is 0 Å². The highest BCUT2D eigenvalue weighted by Crippen LogP contribution is 2.18. The van der Waals surface area contributed by atoms with Gasteiger partial charge in [0.2, 0.25) is 0 Å². The van der Waals surface area contributed by atoms with Crippen LogP contribution in [-0.2, 0) is 24.4 Å². The van der Waals surface area contributed by atoms with E-state index in [1.54, 1.807) is 13.8 Å². The Labute approximate surface area is 108 Å². The molecule has 0 saturated heterocycles. The van der Waals surface area contributed by atoms with E-state index in [1.807, 2.05) is 0 Å². The van der Waals surface area contributed by atoms with E-state index in [0.29, 0.717) is 5.75 Å². The van der Waals surface area contributed by atoms with Gasteiger partial charge in [0, 0.05) is 0 Å². The van der Waals surface area contributed by atoms with Crippen LogP contribution in [0, 0.1) is 5.41 Å². The van der Waals surface area contributed by atoms with Crippen molar-refractivity contribution in [3.05, 3.63) is 0 Å². The monoisotopic (exact) mass is 306 g/mol. The second-order valence-electron chi connectivity index (χ2n) is 4.49. The van der Waals surface area contributed by atoms with Crippen LogP contribution >= 0.6 is 12.6 Å². The summed E-state index contributed by atoms with van der Waals surface area (Å²) in [6.45, 7) is 3.59. The van der Waals surface area contributed by atoms with Crippen LogP contribution in [0.3, 0.4) is 0 Å². The molecule has 0 spiro atoms. The Morgan fingerprint density at radius 3 is 2.12 bits per heavy atom. The van der Waals surface area contributed by atoms with Crippen LogP contribution in [0.25, 0.3) is 0 Å². The first kappa shape index (κ1) is 17.2. The molecule has 0 bridgehead atoms. The van der Waals surface area contributed by atoms with Crippen molar-refractivity contribution < 1.29 is 25.6 Å². The van der Waals surface area contributed by atoms with E-state index in [0.717, 1.165) is 0 Å². The molecule has 0 atom stereocenters. The van der Waals surface area contributed by atoms with Crippen molar-refractivity contribution in [2.24, 2.45) is 5.41 Å². The van der Waals surface area contributed by atoms with Gasteiger partial charge in [-0.2, -0.15) is 29.5 Å². The third kappa shape index (κ3) is 9.83. The zero-order chi connectivity index (χ0) is 13.7. The predicted octanol–water partition coefficient (Wildman–Crippen LogP) is 0.567. The molecule has 0 aliphatic carbocycles. The van der Waals surface area contributed by atoms with E-state index >= 15 is 0 Å². The highest BCUT2D eigenvalue weighted by molar-refractivity contribution is 7.87. The van der Waals surface area contributed by atoms with Crippen molar-refractivity contribution in [2.45, 2.75) is 20.3 Å². The molecule has 0 aromatic rings. The van der Waals surface area contributed by atoms with E-state index in [-0.39, 0.29) is 18.4 Å². The SMILES string of the molecule is CC(C)(CS)COS(=O)(=O)CCCS(=O)(=O)O. The van der Waals surface area contributed by atoms with Gasteiger partial charge in [-0.1, -0.05) is 13.8 Å². The average Bonchev–Trinajstić information content (AvgIpc) is 2.13. The molecule has 0 aliphatic rings. The molecule has 0 heterocycles. The van der Waals surface area contributed by atoms with Crippen molar-refractivity contribution in [3.63, 3.8) is 0 Å². The fraction of sp³-hybridized carbons (Fsp3) is 1.00. The van der Waals surface area contributed by atoms with Crippen LogP contribution in [0.15, 0.2) is 0 Å². The molecule has 0 radical (unpaired) electrons. The van der Waals surface area contributed by atoms with Crippen LogP contribution in [0.4, 0.5) is 0 Å². The molecule has 0 unspecified atom stereocenters. The summed E-state index contributed by atoms with van der Waals surface area (Å²) in [5.74, 6) is -0.561. The van der Waals surface area contributed by atoms with Crippen LogP contribution in [0.2, 0.25) is 0 Å². The van der Waals surface area contributed by atoms with Gasteiger partial charge < -0.3 is 0 Å². The Bertz CT molecular complexity index is 422. The molecule has 6 nitrogen and oxygen atoms in total. The number of rotatable bonds is 8. The van der Waals surface area contributed by atoms with Gasteiger partial charge in [0.1, 0.15) is 0 Å². The zero-order valence-corrected chi connectivity index (χ0v) is 12.3. The van der Waals surface area contributed by atoms with Crippen molar-refractivity contribution >= 4 is 32.9 Å². The summed E-state index contributed by atoms with van der Waals surface area (Å²) in [6.07, 6.45) is -0.192. The smallest absolute Gasteiger partial charge is 0.267 e. The molecule has 1 N–H and O–H groups in total. The lowest BCUT2D eigenvalue weighted by atomic mass is 9.98. The molecule has 0 aromatic heterocycles. The van der Waals surface area contributed by atoms with Crippen molar-refractivity contribution in [2.75, 3.05) is 23.9 Å². The van der Waals surface area contributed by atoms with E-state index in [9.17, 15) is 16.8 Å². The lowest BCUT2D eigenvalue weighted by Gasteiger charge is -2.21. The van der Waals surface area contributed by atoms with Crippen LogP contribution in [-0.4, -0.2) is 45.3 Å². The molecule has 0 aliphatic heterocycles. The standard InChI is InChI=1S/C8H18O6S3/c1-8(2,7-15)6-14-17(12,13)5-3-4-16(9,10)11/h15H,3-7H2,1-2H3,(H,9,10,11). The van der Waals surface area contributed by atoms with Crippen molar-refractivity contribution in [1.29, 1.82) is 0 Å². The quantitative estimate of drug-likeness (QED) is 0.386. The molecule has 0 aromatic carbocycles. The second-order valence-corrected chi connectivity index (χ2v) is 8.13. The molecule has 0 amide bonds. The lowest BCUT2D eigenvalue weighted by Crippen LogP contribution is -2.25. The summed E-state index contributed by atoms with van der Waals surface area (Å²) < 4.78 is 56.7. The Morgan fingerprint density at radius 1 is 1.18 bits per heavy atom. The van der Waals surface area contributed by atoms with E-state index in [2.05, 4.69) is 12.6 Å². The fourth-order valence-corrected chi connectivity index (χ4v) is 2.67. The minimum atomic E-state index is -4.13. The van der Waals surface area contributed by atoms with Crippen LogP contribution < -0.4 is 0 Å². The summed E-state index contributed by atoms with van der Waals surface area (Å²) in [5, 5.41) is 0. The lowest BCUT2D eigenvalue weighted by molar-refractivity contribution is 0.208. The van der Waals surface area contributed by atoms with Crippen molar-refractivity contribution in [1.82, 2.24) is 0 Å². The van der Waals surface area contributed by atoms with Gasteiger partial charge in [-0.25, -0.2) is 0 Å². The van der Waals surface area contributed by atoms with E-state index in [4.69, 9.17) is 8.74 Å². The van der Waals surface area contributed by atoms with Crippen LogP contribution in [0.1, 0.15) is 20.3 Å². The summed E-state index contributed by atoms with van der Waals surface area (Å²) in [7, 11) is -7.88. The number of hydrogen-bond acceptors (Lipinski definition) is 6. The Hall–Kier alpha value is 0.170. The molecular formula is C8H18O6S3. The Morgan fingerprint density at radius 2 is 1.71 bits per heavy atom. The van der Waals surface area contributed by atoms with Gasteiger partial charge in [-0.05, 0) is 17.6 Å². The molecule has 0 saturated carbocycles. The molecular weight excluding hydrogens is 288 g/mol. The minimum Gasteiger partial charge on any atom is -0.286 e. The minimum absolute atomic E-state index is 0.00922. The number of hydrogen-bond donors (Lipinski definition) is 2. The summed E-state index contributed by atoms with van der Waals surface area (Å²) in [6, 6.07) is 0. The highest BCUT2D eigenvalue weighted by Gasteiger charge is 2.21. The van der Waals surface area contributed by atoms with E-state index < -0.39 is 31.7 Å². The number of thiol groups is 1. The Balaban J connectivity index is 4.15. The molecule has 9 heteroatoms. The predicted molar refractivity (Wildman–Crippen MR) is 68.4 cm³/mol. The summed E-state index contributed by atoms with van der Waals surface area (Å²) in [5.41, 5.74) is -0.376. The maximum absolute atomic E-state index is 11.4. The molecule has 0 rings (SSSR count). The first-order valence-electron chi connectivity index (χ1n) is 4.91. The summed E-state index contributed by atoms with van der Waals surface area (Å²) in [4.78, 5) is 0. The van der Waals surface area contributed by atoms with Gasteiger partial charge in [0.25, 0.3) is 20.2 Å². The summed E-state index contributed by atoms with van der Waals surface area (Å²) >= 11 is 4.05. The van der Waals surface area contributed by atoms with Gasteiger partial charge in [-0.15, -0.1) is 0 Å². The first-order chi connectivity index (χ1) is 7.47. The maximum Gasteiger partial charge on any atom is 0.267 e. The third-order valence-corrected chi connectivity index (χ3v) is 4.78. The maximum atomic E-state index is 11.4. The second kappa shape index (κ2) is 6.37. The molecule has 17 heavy (non-hydrogen) atoms. The molecule has 104 valence electrons. The van der Waals surface area contributed by atoms with Gasteiger partial charge in [0.05, 0.1) is 18.1 Å². The zero-order valence-electron chi connectivity index (χ0n) is 9.79.